The molecule has 7 heteroatoms. The van der Waals surface area contributed by atoms with Gasteiger partial charge in [0, 0.05) is 10.2 Å². The average Bonchev–Trinajstić information content (AvgIpc) is 2.61. The summed E-state index contributed by atoms with van der Waals surface area (Å²) in [5.74, 6) is -0.439. The fourth-order valence-electron chi connectivity index (χ4n) is 2.57. The number of ether oxygens (including phenoxy) is 1. The molecular weight excluding hydrogens is 393 g/mol. The second-order valence-corrected chi connectivity index (χ2v) is 8.05. The van der Waals surface area contributed by atoms with Gasteiger partial charge in [-0.15, -0.1) is 0 Å². The molecule has 2 aliphatic rings. The number of carbonyl (C=O) groups is 1. The van der Waals surface area contributed by atoms with E-state index in [1.165, 1.54) is 0 Å². The zero-order valence-corrected chi connectivity index (χ0v) is 13.7. The van der Waals surface area contributed by atoms with Crippen molar-refractivity contribution >= 4 is 38.5 Å². The van der Waals surface area contributed by atoms with Gasteiger partial charge in [0.05, 0.1) is 18.2 Å². The number of amides is 1. The second-order valence-electron chi connectivity index (χ2n) is 4.97. The Kier molecular flexibility index (Phi) is 3.76. The van der Waals surface area contributed by atoms with Gasteiger partial charge in [0.2, 0.25) is 0 Å². The molecule has 1 amide bonds. The molecule has 5 nitrogen and oxygen atoms in total. The lowest BCUT2D eigenvalue weighted by Crippen LogP contribution is -2.39. The summed E-state index contributed by atoms with van der Waals surface area (Å²) in [7, 11) is -3.72. The van der Waals surface area contributed by atoms with Crippen molar-refractivity contribution in [2.24, 2.45) is 0 Å². The summed E-state index contributed by atoms with van der Waals surface area (Å²) in [6.45, 7) is 0.754. The third-order valence-corrected chi connectivity index (χ3v) is 6.07. The number of fused-ring (bicyclic) bond motifs is 1. The highest BCUT2D eigenvalue weighted by Crippen LogP contribution is 2.32. The average molecular weight is 407 g/mol. The molecular formula is C13H14INO4S. The van der Waals surface area contributed by atoms with Crippen LogP contribution >= 0.6 is 22.6 Å². The Morgan fingerprint density at radius 2 is 2.15 bits per heavy atom. The number of halogens is 1. The molecule has 1 fully saturated rings. The normalized spacial score (nSPS) is 24.8. The third-order valence-electron chi connectivity index (χ3n) is 3.61. The zero-order valence-electron chi connectivity index (χ0n) is 10.7. The Hall–Kier alpha value is -0.670. The minimum atomic E-state index is -3.72. The molecule has 0 spiro atoms. The first-order valence-corrected chi connectivity index (χ1v) is 9.00. The van der Waals surface area contributed by atoms with E-state index in [0.717, 1.165) is 27.1 Å². The fraction of sp³-hybridized carbons (Fsp3) is 0.462. The van der Waals surface area contributed by atoms with Gasteiger partial charge in [0.25, 0.3) is 15.9 Å². The summed E-state index contributed by atoms with van der Waals surface area (Å²) in [4.78, 5) is 12.4. The van der Waals surface area contributed by atoms with Gasteiger partial charge >= 0.3 is 0 Å². The maximum Gasteiger partial charge on any atom is 0.269 e. The van der Waals surface area contributed by atoms with Crippen LogP contribution in [0.1, 0.15) is 29.6 Å². The van der Waals surface area contributed by atoms with Gasteiger partial charge in [0.15, 0.2) is 0 Å². The topological polar surface area (TPSA) is 63.7 Å². The van der Waals surface area contributed by atoms with Gasteiger partial charge in [-0.25, -0.2) is 12.7 Å². The third kappa shape index (κ3) is 2.35. The number of carbonyl (C=O) groups excluding carboxylic acids is 1. The van der Waals surface area contributed by atoms with Crippen LogP contribution in [0.5, 0.6) is 0 Å². The largest absolute Gasteiger partial charge is 0.376 e. The molecule has 1 saturated heterocycles. The SMILES string of the molecule is O=C1c2ccc(I)cc2S(=O)(=O)N1CC1CCCCO1. The molecule has 1 aromatic rings. The van der Waals surface area contributed by atoms with Crippen LogP contribution in [0.15, 0.2) is 23.1 Å². The van der Waals surface area contributed by atoms with Gasteiger partial charge < -0.3 is 4.74 Å². The minimum absolute atomic E-state index is 0.116. The van der Waals surface area contributed by atoms with E-state index in [4.69, 9.17) is 4.74 Å². The maximum atomic E-state index is 12.5. The Bertz CT molecular complexity index is 652. The summed E-state index contributed by atoms with van der Waals surface area (Å²) in [6.07, 6.45) is 2.62. The molecule has 1 atom stereocenters. The molecule has 2 heterocycles. The first kappa shape index (κ1) is 14.3. The van der Waals surface area contributed by atoms with Crippen LogP contribution < -0.4 is 0 Å². The molecule has 0 aliphatic carbocycles. The van der Waals surface area contributed by atoms with E-state index in [1.54, 1.807) is 18.2 Å². The molecule has 0 aromatic heterocycles. The molecule has 1 aromatic carbocycles. The van der Waals surface area contributed by atoms with Crippen molar-refractivity contribution in [3.8, 4) is 0 Å². The van der Waals surface area contributed by atoms with E-state index in [9.17, 15) is 13.2 Å². The Balaban J connectivity index is 1.92. The van der Waals surface area contributed by atoms with Crippen molar-refractivity contribution in [3.63, 3.8) is 0 Å². The summed E-state index contributed by atoms with van der Waals surface area (Å²) in [5, 5.41) is 0. The lowest BCUT2D eigenvalue weighted by atomic mass is 10.1. The highest BCUT2D eigenvalue weighted by atomic mass is 127. The number of hydrogen-bond acceptors (Lipinski definition) is 4. The van der Waals surface area contributed by atoms with Crippen LogP contribution in [-0.4, -0.2) is 37.9 Å². The highest BCUT2D eigenvalue weighted by Gasteiger charge is 2.42. The molecule has 1 unspecified atom stereocenters. The Morgan fingerprint density at radius 3 is 2.85 bits per heavy atom. The fourth-order valence-corrected chi connectivity index (χ4v) is 4.89. The Morgan fingerprint density at radius 1 is 1.35 bits per heavy atom. The number of sulfonamides is 1. The van der Waals surface area contributed by atoms with E-state index in [0.29, 0.717) is 6.61 Å². The van der Waals surface area contributed by atoms with Crippen LogP contribution in [0.2, 0.25) is 0 Å². The van der Waals surface area contributed by atoms with Crippen molar-refractivity contribution in [3.05, 3.63) is 27.3 Å². The monoisotopic (exact) mass is 407 g/mol. The number of nitrogens with zero attached hydrogens (tertiary/aromatic N) is 1. The molecule has 108 valence electrons. The van der Waals surface area contributed by atoms with Gasteiger partial charge in [-0.2, -0.15) is 0 Å². The molecule has 3 rings (SSSR count). The van der Waals surface area contributed by atoms with Crippen molar-refractivity contribution in [2.45, 2.75) is 30.3 Å². The second kappa shape index (κ2) is 5.27. The summed E-state index contributed by atoms with van der Waals surface area (Å²) in [5.41, 5.74) is 0.265. The van der Waals surface area contributed by atoms with Gasteiger partial charge in [-0.05, 0) is 60.1 Å². The zero-order chi connectivity index (χ0) is 14.3. The Labute approximate surface area is 131 Å². The number of hydrogen-bond donors (Lipinski definition) is 0. The molecule has 0 radical (unpaired) electrons. The predicted molar refractivity (Wildman–Crippen MR) is 81.0 cm³/mol. The van der Waals surface area contributed by atoms with Crippen LogP contribution in [0, 0.1) is 3.57 Å². The first-order valence-electron chi connectivity index (χ1n) is 6.48. The molecule has 2 aliphatic heterocycles. The summed E-state index contributed by atoms with van der Waals surface area (Å²) < 4.78 is 32.2. The number of rotatable bonds is 2. The molecule has 0 bridgehead atoms. The quantitative estimate of drug-likeness (QED) is 0.704. The van der Waals surface area contributed by atoms with E-state index >= 15 is 0 Å². The van der Waals surface area contributed by atoms with Crippen molar-refractivity contribution in [1.29, 1.82) is 0 Å². The number of benzene rings is 1. The van der Waals surface area contributed by atoms with Crippen molar-refractivity contribution < 1.29 is 17.9 Å². The van der Waals surface area contributed by atoms with Crippen molar-refractivity contribution in [2.75, 3.05) is 13.2 Å². The van der Waals surface area contributed by atoms with E-state index in [2.05, 4.69) is 0 Å². The van der Waals surface area contributed by atoms with Crippen LogP contribution in [0.3, 0.4) is 0 Å². The van der Waals surface area contributed by atoms with Crippen molar-refractivity contribution in [1.82, 2.24) is 4.31 Å². The van der Waals surface area contributed by atoms with Gasteiger partial charge in [-0.1, -0.05) is 0 Å². The van der Waals surface area contributed by atoms with E-state index in [1.807, 2.05) is 22.6 Å². The van der Waals surface area contributed by atoms with E-state index in [-0.39, 0.29) is 23.1 Å². The lowest BCUT2D eigenvalue weighted by Gasteiger charge is -2.26. The molecule has 0 N–H and O–H groups in total. The van der Waals surface area contributed by atoms with Crippen LogP contribution in [-0.2, 0) is 14.8 Å². The lowest BCUT2D eigenvalue weighted by molar-refractivity contribution is 0.00708. The summed E-state index contributed by atoms with van der Waals surface area (Å²) in [6, 6.07) is 4.87. The smallest absolute Gasteiger partial charge is 0.269 e. The minimum Gasteiger partial charge on any atom is -0.376 e. The molecule has 0 saturated carbocycles. The van der Waals surface area contributed by atoms with E-state index < -0.39 is 15.9 Å². The standard InChI is InChI=1S/C13H14INO4S/c14-9-4-5-11-12(7-9)20(17,18)15(13(11)16)8-10-3-1-2-6-19-10/h4-5,7,10H,1-3,6,8H2. The highest BCUT2D eigenvalue weighted by molar-refractivity contribution is 14.1. The van der Waals surface area contributed by atoms with Gasteiger partial charge in [-0.3, -0.25) is 4.79 Å². The van der Waals surface area contributed by atoms with Crippen LogP contribution in [0.4, 0.5) is 0 Å². The predicted octanol–water partition coefficient (Wildman–Crippen LogP) is 2.00. The summed E-state index contributed by atoms with van der Waals surface area (Å²) >= 11 is 2.04. The van der Waals surface area contributed by atoms with Gasteiger partial charge in [0.1, 0.15) is 4.90 Å². The first-order chi connectivity index (χ1) is 9.50. The molecule has 20 heavy (non-hydrogen) atoms. The maximum absolute atomic E-state index is 12.5. The van der Waals surface area contributed by atoms with Crippen LogP contribution in [0.25, 0.3) is 0 Å².